The lowest BCUT2D eigenvalue weighted by Gasteiger charge is -2.00. The first-order chi connectivity index (χ1) is 10.1. The molecule has 2 aromatic carbocycles. The molecule has 0 saturated heterocycles. The van der Waals surface area contributed by atoms with Crippen LogP contribution >= 0.6 is 0 Å². The Bertz CT molecular complexity index is 733. The first-order valence-corrected chi connectivity index (χ1v) is 7.72. The minimum absolute atomic E-state index is 0.132. The fraction of sp³-hybridized carbons (Fsp3) is 0.0625. The first kappa shape index (κ1) is 15.0. The lowest BCUT2D eigenvalue weighted by Crippen LogP contribution is -1.96. The molecule has 0 aliphatic carbocycles. The van der Waals surface area contributed by atoms with Crippen LogP contribution in [0, 0.1) is 0 Å². The fourth-order valence-electron chi connectivity index (χ4n) is 1.64. The highest BCUT2D eigenvalue weighted by molar-refractivity contribution is 7.90. The number of allylic oxidation sites excluding steroid dienone is 1. The van der Waals surface area contributed by atoms with Crippen LogP contribution in [0.5, 0.6) is 5.75 Å². The van der Waals surface area contributed by atoms with Crippen molar-refractivity contribution >= 4 is 22.3 Å². The van der Waals surface area contributed by atoms with E-state index in [9.17, 15) is 8.42 Å². The van der Waals surface area contributed by atoms with Gasteiger partial charge in [0.1, 0.15) is 5.75 Å². The molecule has 0 spiro atoms. The third-order valence-electron chi connectivity index (χ3n) is 2.73. The van der Waals surface area contributed by atoms with Crippen LogP contribution in [0.1, 0.15) is 5.56 Å². The zero-order valence-corrected chi connectivity index (χ0v) is 12.3. The Kier molecular flexibility index (Phi) is 4.90. The van der Waals surface area contributed by atoms with E-state index in [-0.39, 0.29) is 4.90 Å². The van der Waals surface area contributed by atoms with Crippen LogP contribution in [0.25, 0.3) is 6.08 Å². The average Bonchev–Trinajstić information content (AvgIpc) is 2.53. The van der Waals surface area contributed by atoms with Crippen LogP contribution < -0.4 is 4.74 Å². The minimum atomic E-state index is -3.68. The molecule has 0 unspecified atom stereocenters. The zero-order chi connectivity index (χ0) is 15.1. The van der Waals surface area contributed by atoms with Gasteiger partial charge in [-0.05, 0) is 35.9 Å². The second-order valence-electron chi connectivity index (χ2n) is 4.17. The Balaban J connectivity index is 2.09. The molecular formula is C16H15NO3S. The lowest BCUT2D eigenvalue weighted by molar-refractivity contribution is 0.414. The normalized spacial score (nSPS) is 12.0. The van der Waals surface area contributed by atoms with Crippen molar-refractivity contribution in [2.75, 3.05) is 7.11 Å². The Morgan fingerprint density at radius 3 is 2.29 bits per heavy atom. The Morgan fingerprint density at radius 1 is 1.00 bits per heavy atom. The van der Waals surface area contributed by atoms with Crippen molar-refractivity contribution < 1.29 is 13.2 Å². The molecule has 0 amide bonds. The van der Waals surface area contributed by atoms with Gasteiger partial charge in [0.2, 0.25) is 0 Å². The van der Waals surface area contributed by atoms with Gasteiger partial charge in [-0.25, -0.2) is 0 Å². The average molecular weight is 301 g/mol. The molecule has 0 heterocycles. The van der Waals surface area contributed by atoms with Gasteiger partial charge in [-0.1, -0.05) is 36.4 Å². The van der Waals surface area contributed by atoms with Gasteiger partial charge >= 0.3 is 0 Å². The van der Waals surface area contributed by atoms with Crippen molar-refractivity contribution in [3.05, 3.63) is 66.2 Å². The summed E-state index contributed by atoms with van der Waals surface area (Å²) in [6.45, 7) is 0. The van der Waals surface area contributed by atoms with Crippen LogP contribution in [0.15, 0.2) is 70.0 Å². The van der Waals surface area contributed by atoms with Crippen molar-refractivity contribution in [3.8, 4) is 5.75 Å². The summed E-state index contributed by atoms with van der Waals surface area (Å²) >= 11 is 0. The summed E-state index contributed by atoms with van der Waals surface area (Å²) < 4.78 is 32.5. The van der Waals surface area contributed by atoms with Gasteiger partial charge in [0.25, 0.3) is 10.0 Å². The molecule has 0 fully saturated rings. The Hall–Kier alpha value is -2.40. The highest BCUT2D eigenvalue weighted by atomic mass is 32.2. The molecule has 5 heteroatoms. The van der Waals surface area contributed by atoms with Crippen LogP contribution in [0.4, 0.5) is 0 Å². The van der Waals surface area contributed by atoms with E-state index in [4.69, 9.17) is 4.74 Å². The molecule has 2 aromatic rings. The Labute approximate surface area is 124 Å². The van der Waals surface area contributed by atoms with Crippen molar-refractivity contribution in [1.29, 1.82) is 0 Å². The van der Waals surface area contributed by atoms with Crippen molar-refractivity contribution in [1.82, 2.24) is 0 Å². The standard InChI is InChI=1S/C16H15NO3S/c1-20-15-9-11-16(12-10-15)21(18,19)17-13-5-8-14-6-3-2-4-7-14/h2-13H,1H3/b8-5+,17-13?. The summed E-state index contributed by atoms with van der Waals surface area (Å²) in [5, 5.41) is 0. The molecule has 0 saturated carbocycles. The molecule has 108 valence electrons. The highest BCUT2D eigenvalue weighted by Gasteiger charge is 2.10. The molecular weight excluding hydrogens is 286 g/mol. The van der Waals surface area contributed by atoms with Gasteiger partial charge in [0.15, 0.2) is 0 Å². The van der Waals surface area contributed by atoms with E-state index in [1.54, 1.807) is 24.3 Å². The number of sulfonamides is 1. The largest absolute Gasteiger partial charge is 0.497 e. The van der Waals surface area contributed by atoms with E-state index >= 15 is 0 Å². The van der Waals surface area contributed by atoms with Crippen molar-refractivity contribution in [3.63, 3.8) is 0 Å². The minimum Gasteiger partial charge on any atom is -0.497 e. The summed E-state index contributed by atoms with van der Waals surface area (Å²) in [4.78, 5) is 0.132. The number of ether oxygens (including phenoxy) is 1. The smallest absolute Gasteiger partial charge is 0.282 e. The highest BCUT2D eigenvalue weighted by Crippen LogP contribution is 2.17. The second-order valence-corrected chi connectivity index (χ2v) is 5.81. The number of benzene rings is 2. The van der Waals surface area contributed by atoms with E-state index in [1.165, 1.54) is 25.5 Å². The first-order valence-electron chi connectivity index (χ1n) is 6.28. The number of hydrogen-bond donors (Lipinski definition) is 0. The summed E-state index contributed by atoms with van der Waals surface area (Å²) in [6.07, 6.45) is 4.65. The second kappa shape index (κ2) is 6.85. The van der Waals surface area contributed by atoms with Crippen LogP contribution in [-0.2, 0) is 10.0 Å². The predicted molar refractivity (Wildman–Crippen MR) is 84.1 cm³/mol. The van der Waals surface area contributed by atoms with Crippen molar-refractivity contribution in [2.45, 2.75) is 4.90 Å². The van der Waals surface area contributed by atoms with Crippen LogP contribution in [-0.4, -0.2) is 21.7 Å². The predicted octanol–water partition coefficient (Wildman–Crippen LogP) is 3.17. The van der Waals surface area contributed by atoms with Gasteiger partial charge in [0, 0.05) is 6.21 Å². The summed E-state index contributed by atoms with van der Waals surface area (Å²) in [7, 11) is -2.15. The maximum absolute atomic E-state index is 12.0. The third kappa shape index (κ3) is 4.29. The summed E-state index contributed by atoms with van der Waals surface area (Å²) in [5.74, 6) is 0.599. The summed E-state index contributed by atoms with van der Waals surface area (Å²) in [6, 6.07) is 15.7. The van der Waals surface area contributed by atoms with Crippen molar-refractivity contribution in [2.24, 2.45) is 4.40 Å². The third-order valence-corrected chi connectivity index (χ3v) is 4.00. The zero-order valence-electron chi connectivity index (χ0n) is 11.5. The number of rotatable bonds is 5. The molecule has 0 aliphatic heterocycles. The number of methoxy groups -OCH3 is 1. The molecule has 0 N–H and O–H groups in total. The van der Waals surface area contributed by atoms with Crippen LogP contribution in [0.2, 0.25) is 0 Å². The number of hydrogen-bond acceptors (Lipinski definition) is 3. The number of nitrogens with zero attached hydrogens (tertiary/aromatic N) is 1. The van der Waals surface area contributed by atoms with Gasteiger partial charge in [-0.15, -0.1) is 0 Å². The van der Waals surface area contributed by atoms with Gasteiger partial charge in [0.05, 0.1) is 12.0 Å². The van der Waals surface area contributed by atoms with Gasteiger partial charge < -0.3 is 4.74 Å². The van der Waals surface area contributed by atoms with E-state index < -0.39 is 10.0 Å². The molecule has 0 aromatic heterocycles. The molecule has 2 rings (SSSR count). The molecule has 21 heavy (non-hydrogen) atoms. The van der Waals surface area contributed by atoms with E-state index in [0.717, 1.165) is 5.56 Å². The van der Waals surface area contributed by atoms with E-state index in [0.29, 0.717) is 5.75 Å². The molecule has 0 radical (unpaired) electrons. The van der Waals surface area contributed by atoms with Gasteiger partial charge in [-0.3, -0.25) is 0 Å². The van der Waals surface area contributed by atoms with Crippen LogP contribution in [0.3, 0.4) is 0 Å². The quantitative estimate of drug-likeness (QED) is 0.797. The molecule has 4 nitrogen and oxygen atoms in total. The fourth-order valence-corrected chi connectivity index (χ4v) is 2.47. The van der Waals surface area contributed by atoms with E-state index in [2.05, 4.69) is 4.40 Å². The lowest BCUT2D eigenvalue weighted by atomic mass is 10.2. The summed E-state index contributed by atoms with van der Waals surface area (Å²) in [5.41, 5.74) is 0.978. The monoisotopic (exact) mass is 301 g/mol. The Morgan fingerprint density at radius 2 is 1.67 bits per heavy atom. The topological polar surface area (TPSA) is 55.7 Å². The molecule has 0 atom stereocenters. The molecule has 0 aliphatic rings. The van der Waals surface area contributed by atoms with E-state index in [1.807, 2.05) is 30.3 Å². The maximum Gasteiger partial charge on any atom is 0.282 e. The molecule has 0 bridgehead atoms. The maximum atomic E-state index is 12.0. The SMILES string of the molecule is COc1ccc(S(=O)(=O)N=C/C=C/c2ccccc2)cc1. The van der Waals surface area contributed by atoms with Gasteiger partial charge in [-0.2, -0.15) is 12.8 Å².